The molecule has 1 amide bonds. The maximum atomic E-state index is 12.5. The molecule has 24 heavy (non-hydrogen) atoms. The van der Waals surface area contributed by atoms with Crippen molar-refractivity contribution in [1.29, 1.82) is 0 Å². The third kappa shape index (κ3) is 4.50. The molecule has 0 saturated carbocycles. The zero-order chi connectivity index (χ0) is 16.9. The first-order valence-corrected chi connectivity index (χ1v) is 8.77. The minimum absolute atomic E-state index is 0.0915. The van der Waals surface area contributed by atoms with Crippen LogP contribution in [0.2, 0.25) is 10.0 Å². The largest absolute Gasteiger partial charge is 0.370 e. The SMILES string of the molecule is O=C(CCc1cccc(Cl)c1)N1CCOC(c2ccc(Cl)cc2)C1. The van der Waals surface area contributed by atoms with Gasteiger partial charge in [-0.3, -0.25) is 4.79 Å². The highest BCUT2D eigenvalue weighted by Crippen LogP contribution is 2.24. The number of halogens is 2. The molecule has 126 valence electrons. The number of nitrogens with zero attached hydrogens (tertiary/aromatic N) is 1. The van der Waals surface area contributed by atoms with E-state index in [4.69, 9.17) is 27.9 Å². The standard InChI is InChI=1S/C19H19Cl2NO2/c20-16-7-5-15(6-8-16)18-13-22(10-11-24-18)19(23)9-4-14-2-1-3-17(21)12-14/h1-3,5-8,12,18H,4,9-11,13H2. The molecule has 0 bridgehead atoms. The van der Waals surface area contributed by atoms with Gasteiger partial charge in [-0.05, 0) is 41.8 Å². The lowest BCUT2D eigenvalue weighted by Gasteiger charge is -2.33. The minimum Gasteiger partial charge on any atom is -0.370 e. The number of aryl methyl sites for hydroxylation is 1. The molecular formula is C19H19Cl2NO2. The summed E-state index contributed by atoms with van der Waals surface area (Å²) in [4.78, 5) is 14.4. The lowest BCUT2D eigenvalue weighted by molar-refractivity contribution is -0.139. The first kappa shape index (κ1) is 17.3. The summed E-state index contributed by atoms with van der Waals surface area (Å²) in [6.45, 7) is 1.77. The van der Waals surface area contributed by atoms with E-state index < -0.39 is 0 Å². The second kappa shape index (κ2) is 8.02. The second-order valence-electron chi connectivity index (χ2n) is 5.88. The quantitative estimate of drug-likeness (QED) is 0.798. The average molecular weight is 364 g/mol. The van der Waals surface area contributed by atoms with Crippen molar-refractivity contribution in [2.75, 3.05) is 19.7 Å². The van der Waals surface area contributed by atoms with Crippen LogP contribution in [0.15, 0.2) is 48.5 Å². The van der Waals surface area contributed by atoms with Crippen LogP contribution in [-0.2, 0) is 16.0 Å². The fourth-order valence-corrected chi connectivity index (χ4v) is 3.20. The van der Waals surface area contributed by atoms with Crippen LogP contribution in [-0.4, -0.2) is 30.5 Å². The fourth-order valence-electron chi connectivity index (χ4n) is 2.86. The van der Waals surface area contributed by atoms with Crippen molar-refractivity contribution in [2.24, 2.45) is 0 Å². The van der Waals surface area contributed by atoms with Gasteiger partial charge >= 0.3 is 0 Å². The molecule has 0 N–H and O–H groups in total. The summed E-state index contributed by atoms with van der Waals surface area (Å²) in [6.07, 6.45) is 1.09. The van der Waals surface area contributed by atoms with Gasteiger partial charge in [0.15, 0.2) is 0 Å². The van der Waals surface area contributed by atoms with Crippen LogP contribution < -0.4 is 0 Å². The molecule has 5 heteroatoms. The summed E-state index contributed by atoms with van der Waals surface area (Å²) in [7, 11) is 0. The van der Waals surface area contributed by atoms with Crippen molar-refractivity contribution in [3.8, 4) is 0 Å². The van der Waals surface area contributed by atoms with Crippen molar-refractivity contribution in [3.63, 3.8) is 0 Å². The number of morpholine rings is 1. The molecule has 2 aromatic rings. The van der Waals surface area contributed by atoms with Gasteiger partial charge < -0.3 is 9.64 Å². The molecule has 3 nitrogen and oxygen atoms in total. The molecular weight excluding hydrogens is 345 g/mol. The number of ether oxygens (including phenoxy) is 1. The van der Waals surface area contributed by atoms with Crippen molar-refractivity contribution < 1.29 is 9.53 Å². The molecule has 1 unspecified atom stereocenters. The summed E-state index contributed by atoms with van der Waals surface area (Å²) < 4.78 is 5.81. The lowest BCUT2D eigenvalue weighted by atomic mass is 10.1. The van der Waals surface area contributed by atoms with E-state index in [1.807, 2.05) is 53.4 Å². The van der Waals surface area contributed by atoms with Crippen molar-refractivity contribution >= 4 is 29.1 Å². The van der Waals surface area contributed by atoms with Crippen molar-refractivity contribution in [1.82, 2.24) is 4.90 Å². The highest BCUT2D eigenvalue weighted by molar-refractivity contribution is 6.30. The zero-order valence-electron chi connectivity index (χ0n) is 13.3. The van der Waals surface area contributed by atoms with E-state index in [-0.39, 0.29) is 12.0 Å². The normalized spacial score (nSPS) is 17.8. The Morgan fingerprint density at radius 2 is 1.92 bits per heavy atom. The Kier molecular flexibility index (Phi) is 5.77. The lowest BCUT2D eigenvalue weighted by Crippen LogP contribution is -2.42. The zero-order valence-corrected chi connectivity index (χ0v) is 14.8. The number of hydrogen-bond donors (Lipinski definition) is 0. The molecule has 0 radical (unpaired) electrons. The molecule has 0 aliphatic carbocycles. The third-order valence-electron chi connectivity index (χ3n) is 4.18. The van der Waals surface area contributed by atoms with Crippen LogP contribution in [0.1, 0.15) is 23.7 Å². The Morgan fingerprint density at radius 3 is 2.67 bits per heavy atom. The highest BCUT2D eigenvalue weighted by atomic mass is 35.5. The number of benzene rings is 2. The summed E-state index contributed by atoms with van der Waals surface area (Å²) in [6, 6.07) is 15.2. The summed E-state index contributed by atoms with van der Waals surface area (Å²) >= 11 is 11.9. The molecule has 1 saturated heterocycles. The molecule has 2 aromatic carbocycles. The first-order valence-electron chi connectivity index (χ1n) is 8.01. The van der Waals surface area contributed by atoms with E-state index in [1.54, 1.807) is 0 Å². The van der Waals surface area contributed by atoms with Crippen molar-refractivity contribution in [2.45, 2.75) is 18.9 Å². The summed E-state index contributed by atoms with van der Waals surface area (Å²) in [5.74, 6) is 0.150. The van der Waals surface area contributed by atoms with Gasteiger partial charge in [-0.2, -0.15) is 0 Å². The minimum atomic E-state index is -0.0915. The summed E-state index contributed by atoms with van der Waals surface area (Å²) in [5, 5.41) is 1.40. The maximum Gasteiger partial charge on any atom is 0.223 e. The Labute approximate surface area is 152 Å². The van der Waals surface area contributed by atoms with Gasteiger partial charge in [0.1, 0.15) is 6.10 Å². The van der Waals surface area contributed by atoms with Gasteiger partial charge in [0, 0.05) is 23.0 Å². The molecule has 1 fully saturated rings. The van der Waals surface area contributed by atoms with Gasteiger partial charge in [-0.15, -0.1) is 0 Å². The third-order valence-corrected chi connectivity index (χ3v) is 4.66. The molecule has 1 heterocycles. The number of amides is 1. The van der Waals surface area contributed by atoms with Crippen LogP contribution in [0.4, 0.5) is 0 Å². The highest BCUT2D eigenvalue weighted by Gasteiger charge is 2.25. The molecule has 0 aromatic heterocycles. The predicted octanol–water partition coefficient (Wildman–Crippen LogP) is 4.53. The number of carbonyl (C=O) groups excluding carboxylic acids is 1. The fraction of sp³-hybridized carbons (Fsp3) is 0.316. The molecule has 0 spiro atoms. The van der Waals surface area contributed by atoms with E-state index >= 15 is 0 Å². The Balaban J connectivity index is 1.57. The van der Waals surface area contributed by atoms with Crippen LogP contribution in [0.25, 0.3) is 0 Å². The van der Waals surface area contributed by atoms with E-state index in [9.17, 15) is 4.79 Å². The Bertz CT molecular complexity index is 703. The monoisotopic (exact) mass is 363 g/mol. The molecule has 1 aliphatic rings. The topological polar surface area (TPSA) is 29.5 Å². The number of carbonyl (C=O) groups is 1. The van der Waals surface area contributed by atoms with Crippen molar-refractivity contribution in [3.05, 3.63) is 69.7 Å². The Hall–Kier alpha value is -1.55. The first-order chi connectivity index (χ1) is 11.6. The van der Waals surface area contributed by atoms with E-state index in [1.165, 1.54) is 0 Å². The average Bonchev–Trinajstić information content (AvgIpc) is 2.60. The van der Waals surface area contributed by atoms with Gasteiger partial charge in [0.2, 0.25) is 5.91 Å². The van der Waals surface area contributed by atoms with Crippen LogP contribution in [0, 0.1) is 0 Å². The predicted molar refractivity (Wildman–Crippen MR) is 96.5 cm³/mol. The summed E-state index contributed by atoms with van der Waals surface area (Å²) in [5.41, 5.74) is 2.13. The van der Waals surface area contributed by atoms with Gasteiger partial charge in [-0.1, -0.05) is 47.5 Å². The van der Waals surface area contributed by atoms with Crippen LogP contribution in [0.3, 0.4) is 0 Å². The van der Waals surface area contributed by atoms with Crippen LogP contribution >= 0.6 is 23.2 Å². The maximum absolute atomic E-state index is 12.5. The van der Waals surface area contributed by atoms with Crippen LogP contribution in [0.5, 0.6) is 0 Å². The second-order valence-corrected chi connectivity index (χ2v) is 6.75. The smallest absolute Gasteiger partial charge is 0.223 e. The van der Waals surface area contributed by atoms with E-state index in [2.05, 4.69) is 0 Å². The number of rotatable bonds is 4. The molecule has 3 rings (SSSR count). The number of hydrogen-bond acceptors (Lipinski definition) is 2. The molecule has 1 aliphatic heterocycles. The van der Waals surface area contributed by atoms with E-state index in [0.717, 1.165) is 11.1 Å². The molecule has 1 atom stereocenters. The Morgan fingerprint density at radius 1 is 1.12 bits per heavy atom. The van der Waals surface area contributed by atoms with Gasteiger partial charge in [0.05, 0.1) is 13.2 Å². The van der Waals surface area contributed by atoms with E-state index in [0.29, 0.717) is 42.6 Å². The van der Waals surface area contributed by atoms with Gasteiger partial charge in [0.25, 0.3) is 0 Å². The van der Waals surface area contributed by atoms with Gasteiger partial charge in [-0.25, -0.2) is 0 Å².